The molecule has 2 heterocycles. The van der Waals surface area contributed by atoms with Crippen molar-refractivity contribution in [3.8, 4) is 0 Å². The smallest absolute Gasteiger partial charge is 0.230 e. The lowest BCUT2D eigenvalue weighted by Gasteiger charge is -2.12. The second kappa shape index (κ2) is 7.39. The molecular weight excluding hydrogens is 334 g/mol. The lowest BCUT2D eigenvalue weighted by Crippen LogP contribution is -2.33. The SMILES string of the molecule is CC[C@@H](C)NC(=O)CSc1nc2ccccc2n2c(C(C)C)nnc12. The molecule has 0 aliphatic carbocycles. The summed E-state index contributed by atoms with van der Waals surface area (Å²) in [5, 5.41) is 12.4. The van der Waals surface area contributed by atoms with Crippen molar-refractivity contribution in [3.63, 3.8) is 0 Å². The fourth-order valence-electron chi connectivity index (χ4n) is 2.60. The Balaban J connectivity index is 1.99. The monoisotopic (exact) mass is 357 g/mol. The molecule has 1 amide bonds. The number of aromatic nitrogens is 4. The van der Waals surface area contributed by atoms with Crippen molar-refractivity contribution in [1.29, 1.82) is 0 Å². The van der Waals surface area contributed by atoms with Crippen LogP contribution in [0.1, 0.15) is 45.9 Å². The number of hydrogen-bond donors (Lipinski definition) is 1. The number of rotatable bonds is 6. The molecule has 0 fully saturated rings. The van der Waals surface area contributed by atoms with Gasteiger partial charge >= 0.3 is 0 Å². The molecule has 1 N–H and O–H groups in total. The number of nitrogens with zero attached hydrogens (tertiary/aromatic N) is 4. The third kappa shape index (κ3) is 3.61. The van der Waals surface area contributed by atoms with Gasteiger partial charge in [0.25, 0.3) is 0 Å². The largest absolute Gasteiger partial charge is 0.353 e. The maximum atomic E-state index is 12.1. The second-order valence-corrected chi connectivity index (χ2v) is 7.41. The van der Waals surface area contributed by atoms with Crippen LogP contribution in [-0.2, 0) is 4.79 Å². The highest BCUT2D eigenvalue weighted by atomic mass is 32.2. The minimum Gasteiger partial charge on any atom is -0.353 e. The average Bonchev–Trinajstić information content (AvgIpc) is 3.05. The first-order chi connectivity index (χ1) is 12.0. The lowest BCUT2D eigenvalue weighted by atomic mass is 10.2. The molecule has 0 aliphatic rings. The molecule has 0 saturated carbocycles. The third-order valence-electron chi connectivity index (χ3n) is 4.10. The third-order valence-corrected chi connectivity index (χ3v) is 5.05. The summed E-state index contributed by atoms with van der Waals surface area (Å²) in [5.74, 6) is 1.47. The van der Waals surface area contributed by atoms with Crippen molar-refractivity contribution in [3.05, 3.63) is 30.1 Å². The molecule has 2 aromatic heterocycles. The van der Waals surface area contributed by atoms with Crippen LogP contribution in [0.4, 0.5) is 0 Å². The Kier molecular flexibility index (Phi) is 5.22. The normalized spacial score (nSPS) is 12.8. The Morgan fingerprint density at radius 2 is 2.00 bits per heavy atom. The molecule has 1 atom stereocenters. The first-order valence-electron chi connectivity index (χ1n) is 8.57. The van der Waals surface area contributed by atoms with E-state index in [0.29, 0.717) is 11.4 Å². The molecule has 7 heteroatoms. The highest BCUT2D eigenvalue weighted by molar-refractivity contribution is 8.00. The maximum Gasteiger partial charge on any atom is 0.230 e. The van der Waals surface area contributed by atoms with Crippen LogP contribution >= 0.6 is 11.8 Å². The van der Waals surface area contributed by atoms with Crippen molar-refractivity contribution < 1.29 is 4.79 Å². The molecule has 1 aromatic carbocycles. The van der Waals surface area contributed by atoms with Gasteiger partial charge in [0.1, 0.15) is 10.9 Å². The molecule has 3 rings (SSSR count). The zero-order chi connectivity index (χ0) is 18.0. The van der Waals surface area contributed by atoms with E-state index in [9.17, 15) is 4.79 Å². The van der Waals surface area contributed by atoms with Crippen LogP contribution in [0.5, 0.6) is 0 Å². The fourth-order valence-corrected chi connectivity index (χ4v) is 3.38. The number of benzene rings is 1. The van der Waals surface area contributed by atoms with Gasteiger partial charge in [0.15, 0.2) is 5.65 Å². The summed E-state index contributed by atoms with van der Waals surface area (Å²) in [6, 6.07) is 8.12. The molecule has 132 valence electrons. The van der Waals surface area contributed by atoms with Gasteiger partial charge in [-0.2, -0.15) is 0 Å². The van der Waals surface area contributed by atoms with Gasteiger partial charge in [0.2, 0.25) is 5.91 Å². The number of amides is 1. The van der Waals surface area contributed by atoms with Gasteiger partial charge in [0.05, 0.1) is 16.8 Å². The van der Waals surface area contributed by atoms with Crippen LogP contribution in [-0.4, -0.2) is 37.3 Å². The van der Waals surface area contributed by atoms with Gasteiger partial charge in [-0.05, 0) is 25.5 Å². The van der Waals surface area contributed by atoms with Gasteiger partial charge in [-0.15, -0.1) is 10.2 Å². The van der Waals surface area contributed by atoms with Gasteiger partial charge in [-0.3, -0.25) is 9.20 Å². The predicted molar refractivity (Wildman–Crippen MR) is 101 cm³/mol. The molecule has 0 saturated heterocycles. The molecule has 3 aromatic rings. The molecule has 0 bridgehead atoms. The summed E-state index contributed by atoms with van der Waals surface area (Å²) >= 11 is 1.40. The number of carbonyl (C=O) groups is 1. The van der Waals surface area contributed by atoms with Crippen molar-refractivity contribution >= 4 is 34.3 Å². The number of para-hydroxylation sites is 2. The maximum absolute atomic E-state index is 12.1. The van der Waals surface area contributed by atoms with E-state index in [4.69, 9.17) is 4.98 Å². The van der Waals surface area contributed by atoms with Crippen molar-refractivity contribution in [2.45, 2.75) is 51.1 Å². The van der Waals surface area contributed by atoms with E-state index < -0.39 is 0 Å². The fraction of sp³-hybridized carbons (Fsp3) is 0.444. The van der Waals surface area contributed by atoms with Crippen LogP contribution < -0.4 is 5.32 Å². The second-order valence-electron chi connectivity index (χ2n) is 6.44. The number of carbonyl (C=O) groups excluding carboxylic acids is 1. The number of nitrogens with one attached hydrogen (secondary N) is 1. The number of fused-ring (bicyclic) bond motifs is 3. The molecule has 0 aliphatic heterocycles. The van der Waals surface area contributed by atoms with Crippen molar-refractivity contribution in [2.24, 2.45) is 0 Å². The van der Waals surface area contributed by atoms with Gasteiger partial charge in [-0.25, -0.2) is 4.98 Å². The van der Waals surface area contributed by atoms with E-state index in [1.54, 1.807) is 0 Å². The molecular formula is C18H23N5OS. The zero-order valence-electron chi connectivity index (χ0n) is 15.0. The minimum atomic E-state index is 0.0102. The highest BCUT2D eigenvalue weighted by Crippen LogP contribution is 2.27. The molecule has 25 heavy (non-hydrogen) atoms. The van der Waals surface area contributed by atoms with Crippen LogP contribution in [0.25, 0.3) is 16.7 Å². The first-order valence-corrected chi connectivity index (χ1v) is 9.55. The minimum absolute atomic E-state index is 0.0102. The molecule has 0 radical (unpaired) electrons. The quantitative estimate of drug-likeness (QED) is 0.685. The van der Waals surface area contributed by atoms with E-state index in [1.165, 1.54) is 11.8 Å². The van der Waals surface area contributed by atoms with Crippen LogP contribution in [0.3, 0.4) is 0 Å². The Labute approximate surface area is 151 Å². The van der Waals surface area contributed by atoms with E-state index in [1.807, 2.05) is 31.2 Å². The van der Waals surface area contributed by atoms with Crippen LogP contribution in [0.2, 0.25) is 0 Å². The topological polar surface area (TPSA) is 72.2 Å². The summed E-state index contributed by atoms with van der Waals surface area (Å²) in [6.45, 7) is 8.24. The van der Waals surface area contributed by atoms with Gasteiger partial charge < -0.3 is 5.32 Å². The summed E-state index contributed by atoms with van der Waals surface area (Å²) in [6.07, 6.45) is 0.913. The van der Waals surface area contributed by atoms with E-state index >= 15 is 0 Å². The standard InChI is InChI=1S/C18H23N5OS/c1-5-12(4)19-15(24)10-25-18-17-22-21-16(11(2)3)23(17)14-9-7-6-8-13(14)20-18/h6-9,11-12H,5,10H2,1-4H3,(H,19,24)/t12-/m1/s1. The Hall–Kier alpha value is -2.15. The average molecular weight is 357 g/mol. The number of thioether (sulfide) groups is 1. The van der Waals surface area contributed by atoms with Gasteiger partial charge in [0, 0.05) is 12.0 Å². The Bertz CT molecular complexity index is 905. The number of hydrogen-bond acceptors (Lipinski definition) is 5. The highest BCUT2D eigenvalue weighted by Gasteiger charge is 2.18. The summed E-state index contributed by atoms with van der Waals surface area (Å²) in [5.41, 5.74) is 2.57. The molecule has 0 spiro atoms. The van der Waals surface area contributed by atoms with E-state index in [-0.39, 0.29) is 17.9 Å². The lowest BCUT2D eigenvalue weighted by molar-refractivity contribution is -0.119. The van der Waals surface area contributed by atoms with Crippen LogP contribution in [0, 0.1) is 0 Å². The first kappa shape index (κ1) is 17.7. The summed E-state index contributed by atoms with van der Waals surface area (Å²) in [4.78, 5) is 16.8. The van der Waals surface area contributed by atoms with Crippen molar-refractivity contribution in [2.75, 3.05) is 5.75 Å². The predicted octanol–water partition coefficient (Wildman–Crippen LogP) is 3.41. The van der Waals surface area contributed by atoms with Crippen molar-refractivity contribution in [1.82, 2.24) is 24.9 Å². The summed E-state index contributed by atoms with van der Waals surface area (Å²) in [7, 11) is 0. The molecule has 6 nitrogen and oxygen atoms in total. The zero-order valence-corrected chi connectivity index (χ0v) is 15.8. The van der Waals surface area contributed by atoms with Crippen LogP contribution in [0.15, 0.2) is 29.3 Å². The Morgan fingerprint density at radius 3 is 2.72 bits per heavy atom. The summed E-state index contributed by atoms with van der Waals surface area (Å²) < 4.78 is 2.06. The molecule has 0 unspecified atom stereocenters. The van der Waals surface area contributed by atoms with E-state index in [0.717, 1.165) is 28.3 Å². The Morgan fingerprint density at radius 1 is 1.24 bits per heavy atom. The van der Waals surface area contributed by atoms with E-state index in [2.05, 4.69) is 40.7 Å². The van der Waals surface area contributed by atoms with Gasteiger partial charge in [-0.1, -0.05) is 44.7 Å².